The van der Waals surface area contributed by atoms with Crippen LogP contribution in [-0.4, -0.2) is 21.5 Å². The topological polar surface area (TPSA) is 64.0 Å². The minimum atomic E-state index is -0.599. The largest absolute Gasteiger partial charge is 0.352 e. The molecule has 1 heterocycles. The van der Waals surface area contributed by atoms with Gasteiger partial charge < -0.3 is 5.32 Å². The standard InChI is InChI=1S/C13H20ClN3O2/c1-5-10(6-2)16-13(19)8(3)17-9(4)15-11(14)7-12(17)18/h7-8,10H,5-6H2,1-4H3,(H,16,19). The fraction of sp³-hybridized carbons (Fsp3) is 0.615. The van der Waals surface area contributed by atoms with E-state index >= 15 is 0 Å². The van der Waals surface area contributed by atoms with E-state index in [9.17, 15) is 9.59 Å². The minimum absolute atomic E-state index is 0.131. The highest BCUT2D eigenvalue weighted by Crippen LogP contribution is 2.09. The van der Waals surface area contributed by atoms with E-state index < -0.39 is 6.04 Å². The Hall–Kier alpha value is -1.36. The van der Waals surface area contributed by atoms with E-state index in [0.29, 0.717) is 5.82 Å². The SMILES string of the molecule is CCC(CC)NC(=O)C(C)n1c(C)nc(Cl)cc1=O. The number of nitrogens with one attached hydrogen (secondary N) is 1. The number of nitrogens with zero attached hydrogens (tertiary/aromatic N) is 2. The normalized spacial score (nSPS) is 12.5. The van der Waals surface area contributed by atoms with E-state index in [1.807, 2.05) is 13.8 Å². The predicted octanol–water partition coefficient (Wildman–Crippen LogP) is 2.07. The van der Waals surface area contributed by atoms with Crippen molar-refractivity contribution >= 4 is 17.5 Å². The van der Waals surface area contributed by atoms with Crippen LogP contribution >= 0.6 is 11.6 Å². The van der Waals surface area contributed by atoms with Crippen molar-refractivity contribution in [3.05, 3.63) is 27.4 Å². The molecule has 0 aliphatic rings. The van der Waals surface area contributed by atoms with Gasteiger partial charge in [0.15, 0.2) is 0 Å². The van der Waals surface area contributed by atoms with Crippen LogP contribution in [0.15, 0.2) is 10.9 Å². The van der Waals surface area contributed by atoms with Crippen LogP contribution in [0, 0.1) is 6.92 Å². The third-order valence-corrected chi connectivity index (χ3v) is 3.39. The Kier molecular flexibility index (Phi) is 5.54. The molecule has 6 heteroatoms. The Labute approximate surface area is 118 Å². The first-order chi connectivity index (χ1) is 8.90. The van der Waals surface area contributed by atoms with Crippen molar-refractivity contribution in [2.75, 3.05) is 0 Å². The van der Waals surface area contributed by atoms with Gasteiger partial charge in [-0.05, 0) is 26.7 Å². The average molecular weight is 286 g/mol. The van der Waals surface area contributed by atoms with Gasteiger partial charge in [-0.2, -0.15) is 0 Å². The molecule has 1 unspecified atom stereocenters. The molecule has 0 aromatic carbocycles. The van der Waals surface area contributed by atoms with Gasteiger partial charge in [-0.15, -0.1) is 0 Å². The summed E-state index contributed by atoms with van der Waals surface area (Å²) in [5.41, 5.74) is -0.315. The van der Waals surface area contributed by atoms with Gasteiger partial charge >= 0.3 is 0 Å². The molecule has 1 rings (SSSR count). The van der Waals surface area contributed by atoms with Gasteiger partial charge in [0.05, 0.1) is 0 Å². The number of halogens is 1. The van der Waals surface area contributed by atoms with E-state index in [1.165, 1.54) is 10.6 Å². The molecular weight excluding hydrogens is 266 g/mol. The number of carbonyl (C=O) groups excluding carboxylic acids is 1. The molecular formula is C13H20ClN3O2. The smallest absolute Gasteiger partial charge is 0.255 e. The fourth-order valence-corrected chi connectivity index (χ4v) is 2.19. The summed E-state index contributed by atoms with van der Waals surface area (Å²) in [6.45, 7) is 7.37. The zero-order chi connectivity index (χ0) is 14.6. The van der Waals surface area contributed by atoms with E-state index in [2.05, 4.69) is 10.3 Å². The lowest BCUT2D eigenvalue weighted by Crippen LogP contribution is -2.41. The van der Waals surface area contributed by atoms with Crippen molar-refractivity contribution in [3.8, 4) is 0 Å². The first-order valence-electron chi connectivity index (χ1n) is 6.46. The molecule has 0 saturated heterocycles. The second-order valence-corrected chi connectivity index (χ2v) is 4.92. The second kappa shape index (κ2) is 6.70. The predicted molar refractivity (Wildman–Crippen MR) is 75.5 cm³/mol. The zero-order valence-electron chi connectivity index (χ0n) is 11.7. The Morgan fingerprint density at radius 3 is 2.53 bits per heavy atom. The number of aromatic nitrogens is 2. The molecule has 1 amide bonds. The van der Waals surface area contributed by atoms with Gasteiger partial charge in [0.1, 0.15) is 17.0 Å². The van der Waals surface area contributed by atoms with E-state index in [-0.39, 0.29) is 22.7 Å². The van der Waals surface area contributed by atoms with E-state index in [1.54, 1.807) is 13.8 Å². The van der Waals surface area contributed by atoms with Crippen LogP contribution in [0.3, 0.4) is 0 Å². The summed E-state index contributed by atoms with van der Waals surface area (Å²) in [5, 5.41) is 3.07. The summed E-state index contributed by atoms with van der Waals surface area (Å²) in [6.07, 6.45) is 1.73. The van der Waals surface area contributed by atoms with Crippen LogP contribution in [0.2, 0.25) is 5.15 Å². The van der Waals surface area contributed by atoms with Gasteiger partial charge in [-0.1, -0.05) is 25.4 Å². The zero-order valence-corrected chi connectivity index (χ0v) is 12.5. The number of aryl methyl sites for hydroxylation is 1. The summed E-state index contributed by atoms with van der Waals surface area (Å²) < 4.78 is 1.35. The highest BCUT2D eigenvalue weighted by Gasteiger charge is 2.20. The van der Waals surface area contributed by atoms with Crippen LogP contribution < -0.4 is 10.9 Å². The van der Waals surface area contributed by atoms with Crippen molar-refractivity contribution in [1.82, 2.24) is 14.9 Å². The second-order valence-electron chi connectivity index (χ2n) is 4.53. The maximum atomic E-state index is 12.1. The van der Waals surface area contributed by atoms with Crippen molar-refractivity contribution in [2.45, 2.75) is 52.6 Å². The van der Waals surface area contributed by atoms with Crippen molar-refractivity contribution in [1.29, 1.82) is 0 Å². The first kappa shape index (κ1) is 15.7. The summed E-state index contributed by atoms with van der Waals surface area (Å²) in [4.78, 5) is 28.0. The molecule has 1 atom stereocenters. The van der Waals surface area contributed by atoms with E-state index in [0.717, 1.165) is 12.8 Å². The number of amides is 1. The van der Waals surface area contributed by atoms with Crippen molar-refractivity contribution < 1.29 is 4.79 Å². The third kappa shape index (κ3) is 3.80. The Morgan fingerprint density at radius 1 is 1.47 bits per heavy atom. The molecule has 0 fully saturated rings. The fourth-order valence-electron chi connectivity index (χ4n) is 1.97. The number of hydrogen-bond donors (Lipinski definition) is 1. The molecule has 0 bridgehead atoms. The maximum Gasteiger partial charge on any atom is 0.255 e. The molecule has 0 aliphatic heterocycles. The van der Waals surface area contributed by atoms with Gasteiger partial charge in [0, 0.05) is 12.1 Å². The van der Waals surface area contributed by atoms with E-state index in [4.69, 9.17) is 11.6 Å². The van der Waals surface area contributed by atoms with Gasteiger partial charge in [0.2, 0.25) is 5.91 Å². The monoisotopic (exact) mass is 285 g/mol. The molecule has 1 aromatic rings. The van der Waals surface area contributed by atoms with Crippen LogP contribution in [0.25, 0.3) is 0 Å². The number of rotatable bonds is 5. The summed E-state index contributed by atoms with van der Waals surface area (Å²) in [5.74, 6) is 0.257. The number of carbonyl (C=O) groups is 1. The molecule has 1 N–H and O–H groups in total. The molecule has 106 valence electrons. The molecule has 0 saturated carbocycles. The molecule has 19 heavy (non-hydrogen) atoms. The lowest BCUT2D eigenvalue weighted by atomic mass is 10.1. The molecule has 0 spiro atoms. The highest BCUT2D eigenvalue weighted by molar-refractivity contribution is 6.29. The summed E-state index contributed by atoms with van der Waals surface area (Å²) >= 11 is 5.71. The molecule has 0 aliphatic carbocycles. The van der Waals surface area contributed by atoms with Gasteiger partial charge in [0.25, 0.3) is 5.56 Å². The van der Waals surface area contributed by atoms with Gasteiger partial charge in [-0.25, -0.2) is 4.98 Å². The van der Waals surface area contributed by atoms with Crippen LogP contribution in [-0.2, 0) is 4.79 Å². The Morgan fingerprint density at radius 2 is 2.05 bits per heavy atom. The quantitative estimate of drug-likeness (QED) is 0.843. The maximum absolute atomic E-state index is 12.1. The van der Waals surface area contributed by atoms with Crippen LogP contribution in [0.4, 0.5) is 0 Å². The highest BCUT2D eigenvalue weighted by atomic mass is 35.5. The number of hydrogen-bond acceptors (Lipinski definition) is 3. The lowest BCUT2D eigenvalue weighted by Gasteiger charge is -2.21. The minimum Gasteiger partial charge on any atom is -0.352 e. The molecule has 1 aromatic heterocycles. The summed E-state index contributed by atoms with van der Waals surface area (Å²) in [6, 6.07) is 0.749. The average Bonchev–Trinajstić information content (AvgIpc) is 2.34. The summed E-state index contributed by atoms with van der Waals surface area (Å²) in [7, 11) is 0. The van der Waals surface area contributed by atoms with Crippen molar-refractivity contribution in [2.24, 2.45) is 0 Å². The Bertz CT molecular complexity index is 509. The molecule has 0 radical (unpaired) electrons. The lowest BCUT2D eigenvalue weighted by molar-refractivity contribution is -0.124. The Balaban J connectivity index is 2.98. The van der Waals surface area contributed by atoms with Crippen LogP contribution in [0.5, 0.6) is 0 Å². The molecule has 5 nitrogen and oxygen atoms in total. The van der Waals surface area contributed by atoms with Crippen LogP contribution in [0.1, 0.15) is 45.5 Å². The first-order valence-corrected chi connectivity index (χ1v) is 6.84. The van der Waals surface area contributed by atoms with Gasteiger partial charge in [-0.3, -0.25) is 14.2 Å². The third-order valence-electron chi connectivity index (χ3n) is 3.20. The van der Waals surface area contributed by atoms with Crippen molar-refractivity contribution in [3.63, 3.8) is 0 Å².